The third kappa shape index (κ3) is 2.89. The predicted molar refractivity (Wildman–Crippen MR) is 75.8 cm³/mol. The smallest absolute Gasteiger partial charge is 0.0111 e. The molecule has 0 radical (unpaired) electrons. The molecular formula is C15H29N3. The first-order chi connectivity index (χ1) is 8.85. The number of nitrogens with one attached hydrogen (secondary N) is 1. The van der Waals surface area contributed by atoms with Gasteiger partial charge in [-0.2, -0.15) is 0 Å². The maximum atomic E-state index is 3.87. The van der Waals surface area contributed by atoms with E-state index in [2.05, 4.69) is 22.0 Å². The average Bonchev–Trinajstić information content (AvgIpc) is 3.04. The lowest BCUT2D eigenvalue weighted by molar-refractivity contribution is 0.164. The number of fused-ring (bicyclic) bond motifs is 1. The minimum absolute atomic E-state index is 0.806. The van der Waals surface area contributed by atoms with E-state index >= 15 is 0 Å². The van der Waals surface area contributed by atoms with E-state index in [9.17, 15) is 0 Å². The normalized spacial score (nSPS) is 38.2. The van der Waals surface area contributed by atoms with Gasteiger partial charge in [-0.3, -0.25) is 0 Å². The monoisotopic (exact) mass is 251 g/mol. The van der Waals surface area contributed by atoms with Gasteiger partial charge in [-0.05, 0) is 70.7 Å². The van der Waals surface area contributed by atoms with Crippen molar-refractivity contribution in [3.8, 4) is 0 Å². The number of nitrogens with zero attached hydrogens (tertiary/aromatic N) is 2. The van der Waals surface area contributed by atoms with Crippen molar-refractivity contribution in [2.45, 2.75) is 51.1 Å². The molecule has 0 spiro atoms. The summed E-state index contributed by atoms with van der Waals surface area (Å²) in [5.74, 6) is 0.909. The SMILES string of the molecule is CCN1CCC(CNC2CCN3CCCC3C2)C1. The summed E-state index contributed by atoms with van der Waals surface area (Å²) in [6.07, 6.45) is 7.07. The molecule has 1 N–H and O–H groups in total. The molecule has 0 aromatic carbocycles. The predicted octanol–water partition coefficient (Wildman–Crippen LogP) is 1.54. The van der Waals surface area contributed by atoms with Crippen molar-refractivity contribution in [3.63, 3.8) is 0 Å². The highest BCUT2D eigenvalue weighted by Gasteiger charge is 2.32. The summed E-state index contributed by atoms with van der Waals surface area (Å²) in [5, 5.41) is 3.87. The largest absolute Gasteiger partial charge is 0.314 e. The Morgan fingerprint density at radius 2 is 2.06 bits per heavy atom. The van der Waals surface area contributed by atoms with Crippen molar-refractivity contribution in [3.05, 3.63) is 0 Å². The van der Waals surface area contributed by atoms with Crippen molar-refractivity contribution >= 4 is 0 Å². The Hall–Kier alpha value is -0.120. The van der Waals surface area contributed by atoms with Crippen LogP contribution in [0.25, 0.3) is 0 Å². The summed E-state index contributed by atoms with van der Waals surface area (Å²) >= 11 is 0. The number of hydrogen-bond acceptors (Lipinski definition) is 3. The third-order valence-electron chi connectivity index (χ3n) is 5.33. The van der Waals surface area contributed by atoms with Gasteiger partial charge in [-0.25, -0.2) is 0 Å². The van der Waals surface area contributed by atoms with E-state index in [0.29, 0.717) is 0 Å². The van der Waals surface area contributed by atoms with Gasteiger partial charge in [0.25, 0.3) is 0 Å². The van der Waals surface area contributed by atoms with Crippen LogP contribution in [0.2, 0.25) is 0 Å². The van der Waals surface area contributed by atoms with Gasteiger partial charge in [0.05, 0.1) is 0 Å². The second-order valence-electron chi connectivity index (χ2n) is 6.51. The molecule has 0 amide bonds. The Balaban J connectivity index is 1.38. The molecule has 3 heterocycles. The Morgan fingerprint density at radius 3 is 2.89 bits per heavy atom. The van der Waals surface area contributed by atoms with Crippen molar-refractivity contribution < 1.29 is 0 Å². The van der Waals surface area contributed by atoms with E-state index in [-0.39, 0.29) is 0 Å². The first kappa shape index (κ1) is 12.9. The van der Waals surface area contributed by atoms with E-state index in [4.69, 9.17) is 0 Å². The molecule has 3 fully saturated rings. The number of rotatable bonds is 4. The average molecular weight is 251 g/mol. The lowest BCUT2D eigenvalue weighted by atomic mass is 9.97. The van der Waals surface area contributed by atoms with Crippen LogP contribution in [0, 0.1) is 5.92 Å². The highest BCUT2D eigenvalue weighted by molar-refractivity contribution is 4.90. The van der Waals surface area contributed by atoms with E-state index in [1.165, 1.54) is 71.4 Å². The molecule has 0 aromatic rings. The molecule has 18 heavy (non-hydrogen) atoms. The van der Waals surface area contributed by atoms with Crippen molar-refractivity contribution in [2.24, 2.45) is 5.92 Å². The zero-order valence-electron chi connectivity index (χ0n) is 11.9. The van der Waals surface area contributed by atoms with Crippen molar-refractivity contribution in [2.75, 3.05) is 39.3 Å². The summed E-state index contributed by atoms with van der Waals surface area (Å²) in [6.45, 7) is 10.1. The second kappa shape index (κ2) is 5.89. The fraction of sp³-hybridized carbons (Fsp3) is 1.00. The first-order valence-electron chi connectivity index (χ1n) is 8.05. The van der Waals surface area contributed by atoms with Crippen LogP contribution in [-0.4, -0.2) is 61.2 Å². The van der Waals surface area contributed by atoms with Gasteiger partial charge in [-0.1, -0.05) is 6.92 Å². The summed E-state index contributed by atoms with van der Waals surface area (Å²) in [7, 11) is 0. The number of likely N-dealkylation sites (tertiary alicyclic amines) is 1. The van der Waals surface area contributed by atoms with Gasteiger partial charge >= 0.3 is 0 Å². The summed E-state index contributed by atoms with van der Waals surface area (Å²) in [6, 6.07) is 1.71. The minimum Gasteiger partial charge on any atom is -0.314 e. The van der Waals surface area contributed by atoms with Gasteiger partial charge in [-0.15, -0.1) is 0 Å². The van der Waals surface area contributed by atoms with Gasteiger partial charge in [0, 0.05) is 18.6 Å². The van der Waals surface area contributed by atoms with Crippen LogP contribution in [0.1, 0.15) is 39.0 Å². The molecule has 3 nitrogen and oxygen atoms in total. The molecule has 0 bridgehead atoms. The molecule has 104 valence electrons. The molecule has 3 rings (SSSR count). The fourth-order valence-corrected chi connectivity index (χ4v) is 4.11. The van der Waals surface area contributed by atoms with Crippen LogP contribution in [-0.2, 0) is 0 Å². The zero-order chi connectivity index (χ0) is 12.4. The standard InChI is InChI=1S/C15H29N3/c1-2-17-8-5-13(12-17)11-16-14-6-9-18-7-3-4-15(18)10-14/h13-16H,2-12H2,1H3. The molecule has 3 unspecified atom stereocenters. The Bertz CT molecular complexity index is 268. The molecular weight excluding hydrogens is 222 g/mol. The lowest BCUT2D eigenvalue weighted by Gasteiger charge is -2.35. The Morgan fingerprint density at radius 1 is 1.11 bits per heavy atom. The van der Waals surface area contributed by atoms with Crippen LogP contribution >= 0.6 is 0 Å². The summed E-state index contributed by atoms with van der Waals surface area (Å²) < 4.78 is 0. The van der Waals surface area contributed by atoms with Crippen molar-refractivity contribution in [1.82, 2.24) is 15.1 Å². The highest BCUT2D eigenvalue weighted by Crippen LogP contribution is 2.27. The number of piperidine rings is 1. The van der Waals surface area contributed by atoms with Gasteiger partial charge in [0.1, 0.15) is 0 Å². The number of hydrogen-bond donors (Lipinski definition) is 1. The van der Waals surface area contributed by atoms with Gasteiger partial charge in [0.2, 0.25) is 0 Å². The Kier molecular flexibility index (Phi) is 4.22. The lowest BCUT2D eigenvalue weighted by Crippen LogP contribution is -2.46. The molecule has 0 saturated carbocycles. The maximum absolute atomic E-state index is 3.87. The van der Waals surface area contributed by atoms with Crippen molar-refractivity contribution in [1.29, 1.82) is 0 Å². The molecule has 3 saturated heterocycles. The fourth-order valence-electron chi connectivity index (χ4n) is 4.11. The zero-order valence-corrected chi connectivity index (χ0v) is 11.9. The second-order valence-corrected chi connectivity index (χ2v) is 6.51. The van der Waals surface area contributed by atoms with Crippen LogP contribution in [0.3, 0.4) is 0 Å². The topological polar surface area (TPSA) is 18.5 Å². The maximum Gasteiger partial charge on any atom is 0.0111 e. The van der Waals surface area contributed by atoms with E-state index in [1.807, 2.05) is 0 Å². The van der Waals surface area contributed by atoms with E-state index in [1.54, 1.807) is 0 Å². The Labute approximate surface area is 112 Å². The minimum atomic E-state index is 0.806. The molecule has 3 atom stereocenters. The quantitative estimate of drug-likeness (QED) is 0.818. The molecule has 3 heteroatoms. The van der Waals surface area contributed by atoms with Crippen LogP contribution < -0.4 is 5.32 Å². The first-order valence-corrected chi connectivity index (χ1v) is 8.05. The van der Waals surface area contributed by atoms with Crippen LogP contribution in [0.15, 0.2) is 0 Å². The van der Waals surface area contributed by atoms with Gasteiger partial charge in [0.15, 0.2) is 0 Å². The summed E-state index contributed by atoms with van der Waals surface area (Å²) in [4.78, 5) is 5.30. The van der Waals surface area contributed by atoms with E-state index in [0.717, 1.165) is 18.0 Å². The van der Waals surface area contributed by atoms with Gasteiger partial charge < -0.3 is 15.1 Å². The van der Waals surface area contributed by atoms with Crippen LogP contribution in [0.5, 0.6) is 0 Å². The molecule has 0 aromatic heterocycles. The van der Waals surface area contributed by atoms with E-state index < -0.39 is 0 Å². The molecule has 3 aliphatic heterocycles. The third-order valence-corrected chi connectivity index (χ3v) is 5.33. The highest BCUT2D eigenvalue weighted by atomic mass is 15.2. The molecule has 3 aliphatic rings. The summed E-state index contributed by atoms with van der Waals surface area (Å²) in [5.41, 5.74) is 0. The molecule has 0 aliphatic carbocycles. The van der Waals surface area contributed by atoms with Crippen LogP contribution in [0.4, 0.5) is 0 Å².